The van der Waals surface area contributed by atoms with Gasteiger partial charge in [-0.25, -0.2) is 4.98 Å². The van der Waals surface area contributed by atoms with E-state index in [0.29, 0.717) is 35.6 Å². The smallest absolute Gasteiger partial charge is 0.256 e. The van der Waals surface area contributed by atoms with Crippen LogP contribution < -0.4 is 31.7 Å². The molecule has 6 N–H and O–H groups in total. The Bertz CT molecular complexity index is 900. The molecule has 10 heteroatoms. The molecule has 0 atom stereocenters. The SMILES string of the molecule is CCNC(=O)c1ccc(Nc2cc(NC=O)nc(N)c2C(=O)NC)c(OC)c1. The number of nitrogens with zero attached hydrogens (tertiary/aromatic N) is 1. The average molecular weight is 386 g/mol. The molecule has 2 aromatic rings. The molecule has 0 radical (unpaired) electrons. The molecule has 28 heavy (non-hydrogen) atoms. The maximum atomic E-state index is 12.2. The second kappa shape index (κ2) is 9.21. The Morgan fingerprint density at radius 1 is 1.21 bits per heavy atom. The van der Waals surface area contributed by atoms with Gasteiger partial charge in [-0.1, -0.05) is 0 Å². The molecule has 10 nitrogen and oxygen atoms in total. The standard InChI is InChI=1S/C18H22N6O4/c1-4-21-17(26)10-5-6-11(13(7-10)28-3)23-12-8-14(22-9-25)24-16(19)15(12)18(27)20-2/h5-9H,4H2,1-3H3,(H,20,27)(H,21,26)(H4,19,22,23,24,25). The van der Waals surface area contributed by atoms with Crippen LogP contribution in [0.1, 0.15) is 27.6 Å². The summed E-state index contributed by atoms with van der Waals surface area (Å²) in [5.74, 6) is -0.203. The molecule has 2 rings (SSSR count). The zero-order valence-corrected chi connectivity index (χ0v) is 15.8. The number of nitrogen functional groups attached to an aromatic ring is 1. The average Bonchev–Trinajstić information content (AvgIpc) is 2.68. The molecule has 1 aromatic carbocycles. The number of hydrogen-bond donors (Lipinski definition) is 5. The maximum absolute atomic E-state index is 12.2. The minimum absolute atomic E-state index is 0.0633. The van der Waals surface area contributed by atoms with Crippen LogP contribution in [0.15, 0.2) is 24.3 Å². The zero-order valence-electron chi connectivity index (χ0n) is 15.8. The fraction of sp³-hybridized carbons (Fsp3) is 0.222. The van der Waals surface area contributed by atoms with E-state index in [1.807, 2.05) is 6.92 Å². The van der Waals surface area contributed by atoms with Gasteiger partial charge >= 0.3 is 0 Å². The lowest BCUT2D eigenvalue weighted by atomic mass is 10.1. The van der Waals surface area contributed by atoms with Crippen LogP contribution in [-0.2, 0) is 4.79 Å². The number of nitrogens with two attached hydrogens (primary N) is 1. The number of methoxy groups -OCH3 is 1. The van der Waals surface area contributed by atoms with Gasteiger partial charge in [0, 0.05) is 25.2 Å². The predicted molar refractivity (Wildman–Crippen MR) is 106 cm³/mol. The summed E-state index contributed by atoms with van der Waals surface area (Å²) >= 11 is 0. The maximum Gasteiger partial charge on any atom is 0.256 e. The van der Waals surface area contributed by atoms with Gasteiger partial charge in [-0.2, -0.15) is 0 Å². The normalized spacial score (nSPS) is 9.96. The van der Waals surface area contributed by atoms with E-state index in [1.165, 1.54) is 20.2 Å². The van der Waals surface area contributed by atoms with Crippen molar-refractivity contribution in [1.82, 2.24) is 15.6 Å². The van der Waals surface area contributed by atoms with Crippen LogP contribution in [0.25, 0.3) is 0 Å². The molecule has 148 valence electrons. The highest BCUT2D eigenvalue weighted by Gasteiger charge is 2.19. The van der Waals surface area contributed by atoms with Crippen molar-refractivity contribution in [2.24, 2.45) is 0 Å². The highest BCUT2D eigenvalue weighted by atomic mass is 16.5. The second-order valence-electron chi connectivity index (χ2n) is 5.56. The monoisotopic (exact) mass is 386 g/mol. The molecule has 3 amide bonds. The van der Waals surface area contributed by atoms with E-state index in [4.69, 9.17) is 10.5 Å². The van der Waals surface area contributed by atoms with E-state index in [1.54, 1.807) is 18.2 Å². The van der Waals surface area contributed by atoms with Gasteiger partial charge < -0.3 is 31.7 Å². The third kappa shape index (κ3) is 4.47. The summed E-state index contributed by atoms with van der Waals surface area (Å²) in [6.07, 6.45) is 0.451. The third-order valence-corrected chi connectivity index (χ3v) is 3.78. The topological polar surface area (TPSA) is 147 Å². The van der Waals surface area contributed by atoms with E-state index in [2.05, 4.69) is 26.3 Å². The Labute approximate surface area is 161 Å². The summed E-state index contributed by atoms with van der Waals surface area (Å²) in [5, 5.41) is 10.7. The molecule has 0 saturated heterocycles. The zero-order chi connectivity index (χ0) is 20.7. The molecule has 0 bridgehead atoms. The molecular formula is C18H22N6O4. The Balaban J connectivity index is 2.49. The van der Waals surface area contributed by atoms with Crippen molar-refractivity contribution in [2.45, 2.75) is 6.92 Å². The molecule has 1 heterocycles. The lowest BCUT2D eigenvalue weighted by molar-refractivity contribution is -0.105. The quantitative estimate of drug-likeness (QED) is 0.427. The van der Waals surface area contributed by atoms with Gasteiger partial charge in [-0.15, -0.1) is 0 Å². The number of ether oxygens (including phenoxy) is 1. The summed E-state index contributed by atoms with van der Waals surface area (Å²) in [4.78, 5) is 39.0. The predicted octanol–water partition coefficient (Wildman–Crippen LogP) is 1.09. The minimum Gasteiger partial charge on any atom is -0.495 e. The van der Waals surface area contributed by atoms with Crippen molar-refractivity contribution in [2.75, 3.05) is 37.1 Å². The van der Waals surface area contributed by atoms with Gasteiger partial charge in [0.25, 0.3) is 11.8 Å². The fourth-order valence-corrected chi connectivity index (χ4v) is 2.50. The molecule has 0 fully saturated rings. The van der Waals surface area contributed by atoms with Crippen LogP contribution >= 0.6 is 0 Å². The van der Waals surface area contributed by atoms with E-state index >= 15 is 0 Å². The lowest BCUT2D eigenvalue weighted by Crippen LogP contribution is -2.23. The Morgan fingerprint density at radius 3 is 2.57 bits per heavy atom. The second-order valence-corrected chi connectivity index (χ2v) is 5.56. The Hall–Kier alpha value is -3.82. The molecule has 1 aromatic heterocycles. The molecule has 0 aliphatic carbocycles. The number of hydrogen-bond acceptors (Lipinski definition) is 7. The summed E-state index contributed by atoms with van der Waals surface area (Å²) in [7, 11) is 2.92. The number of rotatable bonds is 8. The van der Waals surface area contributed by atoms with E-state index < -0.39 is 5.91 Å². The fourth-order valence-electron chi connectivity index (χ4n) is 2.50. The number of benzene rings is 1. The molecule has 0 spiro atoms. The van der Waals surface area contributed by atoms with Crippen molar-refractivity contribution in [3.8, 4) is 5.75 Å². The van der Waals surface area contributed by atoms with Crippen LogP contribution in [-0.4, -0.2) is 43.9 Å². The third-order valence-electron chi connectivity index (χ3n) is 3.78. The van der Waals surface area contributed by atoms with Crippen LogP contribution in [0.2, 0.25) is 0 Å². The van der Waals surface area contributed by atoms with Gasteiger partial charge in [-0.3, -0.25) is 14.4 Å². The number of carbonyl (C=O) groups is 3. The molecule has 0 aliphatic heterocycles. The first-order valence-corrected chi connectivity index (χ1v) is 8.41. The molecular weight excluding hydrogens is 364 g/mol. The first-order valence-electron chi connectivity index (χ1n) is 8.41. The first-order chi connectivity index (χ1) is 13.4. The number of aromatic nitrogens is 1. The van der Waals surface area contributed by atoms with Crippen molar-refractivity contribution in [3.05, 3.63) is 35.4 Å². The lowest BCUT2D eigenvalue weighted by Gasteiger charge is -2.17. The minimum atomic E-state index is -0.455. The molecule has 0 unspecified atom stereocenters. The van der Waals surface area contributed by atoms with Crippen LogP contribution in [0, 0.1) is 0 Å². The number of carbonyl (C=O) groups excluding carboxylic acids is 3. The van der Waals surface area contributed by atoms with Crippen molar-refractivity contribution in [3.63, 3.8) is 0 Å². The number of nitrogens with one attached hydrogen (secondary N) is 4. The van der Waals surface area contributed by atoms with Crippen molar-refractivity contribution >= 4 is 41.2 Å². The van der Waals surface area contributed by atoms with Crippen LogP contribution in [0.5, 0.6) is 5.75 Å². The summed E-state index contributed by atoms with van der Waals surface area (Å²) in [5.41, 5.74) is 7.22. The van der Waals surface area contributed by atoms with Crippen LogP contribution in [0.3, 0.4) is 0 Å². The van der Waals surface area contributed by atoms with Crippen LogP contribution in [0.4, 0.5) is 23.0 Å². The Morgan fingerprint density at radius 2 is 1.96 bits per heavy atom. The highest BCUT2D eigenvalue weighted by molar-refractivity contribution is 6.05. The number of pyridine rings is 1. The van der Waals surface area contributed by atoms with Gasteiger partial charge in [0.05, 0.1) is 18.5 Å². The highest BCUT2D eigenvalue weighted by Crippen LogP contribution is 2.32. The Kier molecular flexibility index (Phi) is 6.74. The van der Waals surface area contributed by atoms with Crippen molar-refractivity contribution < 1.29 is 19.1 Å². The van der Waals surface area contributed by atoms with Gasteiger partial charge in [0.15, 0.2) is 0 Å². The number of anilines is 4. The molecule has 0 saturated carbocycles. The van der Waals surface area contributed by atoms with Gasteiger partial charge in [-0.05, 0) is 25.1 Å². The van der Waals surface area contributed by atoms with E-state index in [-0.39, 0.29) is 23.1 Å². The summed E-state index contributed by atoms with van der Waals surface area (Å²) in [6, 6.07) is 6.29. The largest absolute Gasteiger partial charge is 0.495 e. The number of amides is 3. The van der Waals surface area contributed by atoms with Gasteiger partial charge in [0.1, 0.15) is 22.9 Å². The molecule has 0 aliphatic rings. The van der Waals surface area contributed by atoms with Crippen molar-refractivity contribution in [1.29, 1.82) is 0 Å². The summed E-state index contributed by atoms with van der Waals surface area (Å²) < 4.78 is 5.36. The van der Waals surface area contributed by atoms with E-state index in [0.717, 1.165) is 0 Å². The summed E-state index contributed by atoms with van der Waals surface area (Å²) in [6.45, 7) is 2.32. The van der Waals surface area contributed by atoms with Gasteiger partial charge in [0.2, 0.25) is 6.41 Å². The van der Waals surface area contributed by atoms with E-state index in [9.17, 15) is 14.4 Å². The first kappa shape index (κ1) is 20.5.